The fraction of sp³-hybridized carbons (Fsp3) is 0.158. The van der Waals surface area contributed by atoms with E-state index >= 15 is 0 Å². The number of halogens is 2. The first kappa shape index (κ1) is 17.6. The van der Waals surface area contributed by atoms with E-state index in [1.54, 1.807) is 25.1 Å². The van der Waals surface area contributed by atoms with Crippen LogP contribution in [-0.2, 0) is 0 Å². The molecular weight excluding hydrogens is 346 g/mol. The van der Waals surface area contributed by atoms with Crippen molar-refractivity contribution >= 4 is 16.8 Å². The third-order valence-electron chi connectivity index (χ3n) is 3.64. The molecule has 0 saturated carbocycles. The third kappa shape index (κ3) is 4.05. The van der Waals surface area contributed by atoms with Gasteiger partial charge in [-0.2, -0.15) is 8.78 Å². The number of rotatable bonds is 6. The van der Waals surface area contributed by atoms with Crippen molar-refractivity contribution in [3.8, 4) is 11.5 Å². The lowest BCUT2D eigenvalue weighted by Crippen LogP contribution is -2.23. The Morgan fingerprint density at radius 3 is 2.31 bits per heavy atom. The summed E-state index contributed by atoms with van der Waals surface area (Å²) in [7, 11) is 0. The van der Waals surface area contributed by atoms with Crippen molar-refractivity contribution in [2.75, 3.05) is 0 Å². The molecule has 5 nitrogen and oxygen atoms in total. The molecule has 0 aliphatic rings. The summed E-state index contributed by atoms with van der Waals surface area (Å²) in [5.74, 6) is 0.00300. The van der Waals surface area contributed by atoms with Crippen LogP contribution in [0.2, 0.25) is 0 Å². The quantitative estimate of drug-likeness (QED) is 0.490. The number of alkyl halides is 2. The Kier molecular flexibility index (Phi) is 4.97. The average Bonchev–Trinajstić information content (AvgIpc) is 2.61. The van der Waals surface area contributed by atoms with Crippen LogP contribution in [-0.4, -0.2) is 18.5 Å². The van der Waals surface area contributed by atoms with E-state index in [1.165, 1.54) is 36.4 Å². The number of fused-ring (bicyclic) bond motifs is 1. The highest BCUT2D eigenvalue weighted by Gasteiger charge is 2.18. The molecule has 3 aromatic rings. The normalized spacial score (nSPS) is 12.2. The molecule has 26 heavy (non-hydrogen) atoms. The molecule has 2 aromatic carbocycles. The predicted octanol–water partition coefficient (Wildman–Crippen LogP) is 4.04. The van der Waals surface area contributed by atoms with Crippen LogP contribution in [0.5, 0.6) is 11.5 Å². The number of carbonyl (C=O) groups excluding carboxylic acids is 1. The summed E-state index contributed by atoms with van der Waals surface area (Å²) in [4.78, 5) is 23.7. The Balaban J connectivity index is 1.73. The molecule has 0 amide bonds. The molecule has 1 heterocycles. The molecule has 0 unspecified atom stereocenters. The number of carbonyl (C=O) groups is 1. The van der Waals surface area contributed by atoms with Crippen molar-refractivity contribution in [3.05, 3.63) is 70.6 Å². The third-order valence-corrected chi connectivity index (χ3v) is 3.64. The molecule has 0 fully saturated rings. The summed E-state index contributed by atoms with van der Waals surface area (Å²) < 4.78 is 39.2. The van der Waals surface area contributed by atoms with Gasteiger partial charge in [-0.1, -0.05) is 0 Å². The maximum absolute atomic E-state index is 12.4. The van der Waals surface area contributed by atoms with E-state index in [0.29, 0.717) is 16.9 Å². The summed E-state index contributed by atoms with van der Waals surface area (Å²) in [5, 5.41) is 0.727. The van der Waals surface area contributed by atoms with E-state index in [9.17, 15) is 18.4 Å². The molecule has 0 spiro atoms. The minimum atomic E-state index is -2.92. The van der Waals surface area contributed by atoms with Crippen LogP contribution in [0.15, 0.2) is 63.8 Å². The highest BCUT2D eigenvalue weighted by atomic mass is 19.3. The standard InChI is InChI=1S/C19H14F2O5/c1-11(18(23)13-3-6-14(7-4-13)25-19(20)21)24-15-8-2-12-5-9-17(22)26-16(12)10-15/h2-11,19H,1H3/t11-/m1/s1. The van der Waals surface area contributed by atoms with E-state index in [1.807, 2.05) is 0 Å². The Labute approximate surface area is 146 Å². The van der Waals surface area contributed by atoms with Gasteiger partial charge in [0.1, 0.15) is 17.1 Å². The second-order valence-corrected chi connectivity index (χ2v) is 5.48. The molecule has 1 aromatic heterocycles. The predicted molar refractivity (Wildman–Crippen MR) is 90.0 cm³/mol. The van der Waals surface area contributed by atoms with Crippen LogP contribution < -0.4 is 15.1 Å². The lowest BCUT2D eigenvalue weighted by atomic mass is 10.1. The molecule has 134 valence electrons. The van der Waals surface area contributed by atoms with Crippen LogP contribution in [0, 0.1) is 0 Å². The van der Waals surface area contributed by atoms with Gasteiger partial charge in [0.25, 0.3) is 0 Å². The van der Waals surface area contributed by atoms with Crippen LogP contribution in [0.1, 0.15) is 17.3 Å². The molecule has 0 N–H and O–H groups in total. The zero-order valence-corrected chi connectivity index (χ0v) is 13.6. The zero-order chi connectivity index (χ0) is 18.7. The summed E-state index contributed by atoms with van der Waals surface area (Å²) in [5.41, 5.74) is 0.166. The lowest BCUT2D eigenvalue weighted by Gasteiger charge is -2.14. The average molecular weight is 360 g/mol. The molecule has 7 heteroatoms. The van der Waals surface area contributed by atoms with Gasteiger partial charge in [0.15, 0.2) is 6.10 Å². The monoisotopic (exact) mass is 360 g/mol. The van der Waals surface area contributed by atoms with Crippen LogP contribution >= 0.6 is 0 Å². The number of hydrogen-bond donors (Lipinski definition) is 0. The van der Waals surface area contributed by atoms with Crippen LogP contribution in [0.4, 0.5) is 8.78 Å². The number of benzene rings is 2. The topological polar surface area (TPSA) is 65.7 Å². The smallest absolute Gasteiger partial charge is 0.387 e. The zero-order valence-electron chi connectivity index (χ0n) is 13.6. The summed E-state index contributed by atoms with van der Waals surface area (Å²) >= 11 is 0. The molecule has 3 rings (SSSR count). The van der Waals surface area contributed by atoms with Gasteiger partial charge in [-0.3, -0.25) is 4.79 Å². The van der Waals surface area contributed by atoms with Gasteiger partial charge >= 0.3 is 12.2 Å². The number of ketones is 1. The summed E-state index contributed by atoms with van der Waals surface area (Å²) in [6.07, 6.45) is -0.829. The summed E-state index contributed by atoms with van der Waals surface area (Å²) in [6.45, 7) is -1.36. The van der Waals surface area contributed by atoms with Crippen molar-refractivity contribution in [1.82, 2.24) is 0 Å². The van der Waals surface area contributed by atoms with E-state index in [-0.39, 0.29) is 11.5 Å². The SMILES string of the molecule is C[C@@H](Oc1ccc2ccc(=O)oc2c1)C(=O)c1ccc(OC(F)F)cc1. The van der Waals surface area contributed by atoms with Gasteiger partial charge in [0.2, 0.25) is 5.78 Å². The minimum Gasteiger partial charge on any atom is -0.482 e. The second kappa shape index (κ2) is 7.35. The minimum absolute atomic E-state index is 0.0327. The molecule has 0 radical (unpaired) electrons. The number of ether oxygens (including phenoxy) is 2. The Hall–Kier alpha value is -3.22. The van der Waals surface area contributed by atoms with Gasteiger partial charge in [-0.05, 0) is 49.4 Å². The second-order valence-electron chi connectivity index (χ2n) is 5.48. The fourth-order valence-corrected chi connectivity index (χ4v) is 2.41. The lowest BCUT2D eigenvalue weighted by molar-refractivity contribution is -0.0498. The molecule has 1 atom stereocenters. The van der Waals surface area contributed by atoms with E-state index < -0.39 is 18.3 Å². The molecule has 0 saturated heterocycles. The first-order valence-corrected chi connectivity index (χ1v) is 7.72. The van der Waals surface area contributed by atoms with Crippen molar-refractivity contribution in [2.45, 2.75) is 19.6 Å². The first-order chi connectivity index (χ1) is 12.4. The fourth-order valence-electron chi connectivity index (χ4n) is 2.41. The molecular formula is C19H14F2O5. The van der Waals surface area contributed by atoms with E-state index in [2.05, 4.69) is 4.74 Å². The van der Waals surface area contributed by atoms with Gasteiger partial charge < -0.3 is 13.9 Å². The highest BCUT2D eigenvalue weighted by Crippen LogP contribution is 2.22. The Morgan fingerprint density at radius 2 is 1.62 bits per heavy atom. The van der Waals surface area contributed by atoms with Crippen molar-refractivity contribution in [1.29, 1.82) is 0 Å². The Morgan fingerprint density at radius 1 is 0.962 bits per heavy atom. The molecule has 0 aliphatic heterocycles. The Bertz CT molecular complexity index is 979. The highest BCUT2D eigenvalue weighted by molar-refractivity contribution is 5.99. The first-order valence-electron chi connectivity index (χ1n) is 7.72. The molecule has 0 aliphatic carbocycles. The van der Waals surface area contributed by atoms with Gasteiger partial charge in [-0.15, -0.1) is 0 Å². The van der Waals surface area contributed by atoms with Crippen molar-refractivity contribution < 1.29 is 27.5 Å². The van der Waals surface area contributed by atoms with Crippen molar-refractivity contribution in [3.63, 3.8) is 0 Å². The largest absolute Gasteiger partial charge is 0.482 e. The number of hydrogen-bond acceptors (Lipinski definition) is 5. The number of Topliss-reactive ketones (excluding diaryl/α,β-unsaturated/α-hetero) is 1. The van der Waals surface area contributed by atoms with Crippen LogP contribution in [0.3, 0.4) is 0 Å². The maximum atomic E-state index is 12.4. The summed E-state index contributed by atoms with van der Waals surface area (Å²) in [6, 6.07) is 13.2. The van der Waals surface area contributed by atoms with Gasteiger partial charge in [0, 0.05) is 23.1 Å². The van der Waals surface area contributed by atoms with Gasteiger partial charge in [0.05, 0.1) is 0 Å². The van der Waals surface area contributed by atoms with E-state index in [0.717, 1.165) is 5.39 Å². The van der Waals surface area contributed by atoms with Crippen molar-refractivity contribution in [2.24, 2.45) is 0 Å². The van der Waals surface area contributed by atoms with Crippen LogP contribution in [0.25, 0.3) is 11.0 Å². The molecule has 0 bridgehead atoms. The van der Waals surface area contributed by atoms with E-state index in [4.69, 9.17) is 9.15 Å². The van der Waals surface area contributed by atoms with Gasteiger partial charge in [-0.25, -0.2) is 4.79 Å². The maximum Gasteiger partial charge on any atom is 0.387 e.